The monoisotopic (exact) mass is 408 g/mol. The van der Waals surface area contributed by atoms with Gasteiger partial charge in [-0.25, -0.2) is 0 Å². The highest BCUT2D eigenvalue weighted by atomic mass is 127. The molecule has 0 N–H and O–H groups in total. The molecule has 3 aromatic rings. The Hall–Kier alpha value is -2.02. The van der Waals surface area contributed by atoms with E-state index in [1.165, 1.54) is 6.07 Å². The summed E-state index contributed by atoms with van der Waals surface area (Å²) in [5.41, 5.74) is 0.401. The normalized spacial score (nSPS) is 10.6. The van der Waals surface area contributed by atoms with E-state index in [0.717, 1.165) is 9.32 Å². The summed E-state index contributed by atoms with van der Waals surface area (Å²) in [6.45, 7) is 0.197. The maximum Gasteiger partial charge on any atom is 0.193 e. The van der Waals surface area contributed by atoms with Crippen LogP contribution < -0.4 is 14.9 Å². The minimum absolute atomic E-state index is 0.0924. The van der Waals surface area contributed by atoms with Gasteiger partial charge < -0.3 is 13.9 Å². The quantitative estimate of drug-likeness (QED) is 0.613. The molecule has 0 unspecified atom stereocenters. The molecule has 0 saturated carbocycles. The largest absolute Gasteiger partial charge is 0.497 e. The number of fused-ring (bicyclic) bond motifs is 1. The first-order chi connectivity index (χ1) is 10.7. The Labute approximate surface area is 140 Å². The molecule has 1 aromatic heterocycles. The first-order valence-electron chi connectivity index (χ1n) is 6.65. The van der Waals surface area contributed by atoms with Crippen LogP contribution in [0.4, 0.5) is 0 Å². The van der Waals surface area contributed by atoms with Gasteiger partial charge in [-0.2, -0.15) is 0 Å². The molecule has 0 bridgehead atoms. The number of halogens is 1. The highest BCUT2D eigenvalue weighted by Crippen LogP contribution is 2.22. The third-order valence-corrected chi connectivity index (χ3v) is 4.09. The van der Waals surface area contributed by atoms with Gasteiger partial charge in [-0.3, -0.25) is 4.79 Å². The molecule has 0 atom stereocenters. The third-order valence-electron chi connectivity index (χ3n) is 3.19. The number of hydrogen-bond acceptors (Lipinski definition) is 4. The molecule has 0 spiro atoms. The summed E-state index contributed by atoms with van der Waals surface area (Å²) >= 11 is 2.20. The van der Waals surface area contributed by atoms with Crippen LogP contribution in [0.1, 0.15) is 5.76 Å². The number of rotatable bonds is 4. The Kier molecular flexibility index (Phi) is 4.33. The van der Waals surface area contributed by atoms with Crippen LogP contribution in [-0.4, -0.2) is 7.11 Å². The van der Waals surface area contributed by atoms with Gasteiger partial charge >= 0.3 is 0 Å². The number of para-hydroxylation sites is 1. The first-order valence-corrected chi connectivity index (χ1v) is 7.73. The predicted octanol–water partition coefficient (Wildman–Crippen LogP) is 3.99. The lowest BCUT2D eigenvalue weighted by Crippen LogP contribution is -2.05. The summed E-state index contributed by atoms with van der Waals surface area (Å²) < 4.78 is 17.6. The van der Waals surface area contributed by atoms with Crippen LogP contribution >= 0.6 is 22.6 Å². The Morgan fingerprint density at radius 3 is 2.73 bits per heavy atom. The van der Waals surface area contributed by atoms with Gasteiger partial charge in [-0.1, -0.05) is 12.1 Å². The van der Waals surface area contributed by atoms with Crippen molar-refractivity contribution in [1.29, 1.82) is 0 Å². The Balaban J connectivity index is 1.91. The highest BCUT2D eigenvalue weighted by Gasteiger charge is 2.08. The Bertz CT molecular complexity index is 870. The molecule has 0 saturated heterocycles. The van der Waals surface area contributed by atoms with Crippen molar-refractivity contribution >= 4 is 33.6 Å². The zero-order chi connectivity index (χ0) is 15.5. The lowest BCUT2D eigenvalue weighted by Gasteiger charge is -2.08. The summed E-state index contributed by atoms with van der Waals surface area (Å²) in [6.07, 6.45) is 0. The minimum Gasteiger partial charge on any atom is -0.497 e. The van der Waals surface area contributed by atoms with Crippen LogP contribution in [0.25, 0.3) is 11.0 Å². The van der Waals surface area contributed by atoms with Crippen LogP contribution in [0.2, 0.25) is 0 Å². The molecule has 22 heavy (non-hydrogen) atoms. The first kappa shape index (κ1) is 14.9. The second-order valence-electron chi connectivity index (χ2n) is 4.66. The molecule has 5 heteroatoms. The van der Waals surface area contributed by atoms with Crippen molar-refractivity contribution in [3.63, 3.8) is 0 Å². The smallest absolute Gasteiger partial charge is 0.193 e. The molecule has 3 rings (SSSR count). The van der Waals surface area contributed by atoms with E-state index in [1.54, 1.807) is 25.3 Å². The van der Waals surface area contributed by atoms with E-state index >= 15 is 0 Å². The summed E-state index contributed by atoms with van der Waals surface area (Å²) in [7, 11) is 1.57. The molecule has 0 radical (unpaired) electrons. The van der Waals surface area contributed by atoms with Gasteiger partial charge in [-0.15, -0.1) is 0 Å². The number of ether oxygens (including phenoxy) is 2. The van der Waals surface area contributed by atoms with Crippen molar-refractivity contribution in [2.75, 3.05) is 7.11 Å². The molecular formula is C17H13IO4. The van der Waals surface area contributed by atoms with Crippen molar-refractivity contribution in [3.8, 4) is 11.5 Å². The molecule has 0 aliphatic heterocycles. The fourth-order valence-corrected chi connectivity index (χ4v) is 2.64. The van der Waals surface area contributed by atoms with Crippen LogP contribution in [0, 0.1) is 3.57 Å². The average Bonchev–Trinajstić information content (AvgIpc) is 2.53. The highest BCUT2D eigenvalue weighted by molar-refractivity contribution is 14.1. The van der Waals surface area contributed by atoms with Crippen molar-refractivity contribution < 1.29 is 13.9 Å². The van der Waals surface area contributed by atoms with Gasteiger partial charge in [-0.05, 0) is 46.9 Å². The summed E-state index contributed by atoms with van der Waals surface area (Å²) in [6, 6.07) is 14.3. The van der Waals surface area contributed by atoms with Gasteiger partial charge in [0.15, 0.2) is 5.43 Å². The van der Waals surface area contributed by atoms with E-state index in [9.17, 15) is 4.79 Å². The fraction of sp³-hybridized carbons (Fsp3) is 0.118. The number of hydrogen-bond donors (Lipinski definition) is 0. The van der Waals surface area contributed by atoms with E-state index in [0.29, 0.717) is 22.5 Å². The van der Waals surface area contributed by atoms with E-state index in [2.05, 4.69) is 22.6 Å². The Morgan fingerprint density at radius 1 is 1.14 bits per heavy atom. The molecule has 0 aliphatic rings. The standard InChI is InChI=1S/C17H13IO4/c1-20-11-6-7-13-15(19)8-12(22-17(13)9-11)10-21-16-5-3-2-4-14(16)18/h2-9H,10H2,1H3. The maximum absolute atomic E-state index is 12.1. The lowest BCUT2D eigenvalue weighted by atomic mass is 10.2. The van der Waals surface area contributed by atoms with Gasteiger partial charge in [0.25, 0.3) is 0 Å². The zero-order valence-electron chi connectivity index (χ0n) is 11.8. The van der Waals surface area contributed by atoms with E-state index in [-0.39, 0.29) is 12.0 Å². The summed E-state index contributed by atoms with van der Waals surface area (Å²) in [5.74, 6) is 1.88. The van der Waals surface area contributed by atoms with Crippen molar-refractivity contribution in [3.05, 3.63) is 68.1 Å². The molecule has 0 amide bonds. The van der Waals surface area contributed by atoms with Crippen molar-refractivity contribution in [2.24, 2.45) is 0 Å². The predicted molar refractivity (Wildman–Crippen MR) is 92.5 cm³/mol. The van der Waals surface area contributed by atoms with Crippen LogP contribution in [0.3, 0.4) is 0 Å². The Morgan fingerprint density at radius 2 is 1.95 bits per heavy atom. The van der Waals surface area contributed by atoms with Crippen LogP contribution in [0.15, 0.2) is 57.7 Å². The summed E-state index contributed by atoms with van der Waals surface area (Å²) in [4.78, 5) is 12.1. The van der Waals surface area contributed by atoms with E-state index in [1.807, 2.05) is 24.3 Å². The maximum atomic E-state index is 12.1. The van der Waals surface area contributed by atoms with Gasteiger partial charge in [0.2, 0.25) is 0 Å². The van der Waals surface area contributed by atoms with Crippen molar-refractivity contribution in [2.45, 2.75) is 6.61 Å². The molecule has 2 aromatic carbocycles. The summed E-state index contributed by atoms with van der Waals surface area (Å²) in [5, 5.41) is 0.527. The number of benzene rings is 2. The molecule has 0 fully saturated rings. The second kappa shape index (κ2) is 6.39. The molecule has 4 nitrogen and oxygen atoms in total. The van der Waals surface area contributed by atoms with E-state index in [4.69, 9.17) is 13.9 Å². The third kappa shape index (κ3) is 3.09. The minimum atomic E-state index is -0.0924. The van der Waals surface area contributed by atoms with Gasteiger partial charge in [0.1, 0.15) is 29.4 Å². The zero-order valence-corrected chi connectivity index (χ0v) is 14.0. The SMILES string of the molecule is COc1ccc2c(=O)cc(COc3ccccc3I)oc2c1. The molecular weight excluding hydrogens is 395 g/mol. The van der Waals surface area contributed by atoms with Gasteiger partial charge in [0.05, 0.1) is 16.1 Å². The fourth-order valence-electron chi connectivity index (χ4n) is 2.09. The average molecular weight is 408 g/mol. The molecule has 1 heterocycles. The van der Waals surface area contributed by atoms with E-state index < -0.39 is 0 Å². The lowest BCUT2D eigenvalue weighted by molar-refractivity contribution is 0.270. The second-order valence-corrected chi connectivity index (χ2v) is 5.82. The number of methoxy groups -OCH3 is 1. The topological polar surface area (TPSA) is 48.7 Å². The van der Waals surface area contributed by atoms with Crippen LogP contribution in [-0.2, 0) is 6.61 Å². The van der Waals surface area contributed by atoms with Crippen molar-refractivity contribution in [1.82, 2.24) is 0 Å². The molecule has 0 aliphatic carbocycles. The molecule has 112 valence electrons. The van der Waals surface area contributed by atoms with Gasteiger partial charge in [0, 0.05) is 12.1 Å². The van der Waals surface area contributed by atoms with Crippen LogP contribution in [0.5, 0.6) is 11.5 Å².